The maximum Gasteiger partial charge on any atom is 0.306 e. The molecule has 1 atom stereocenters. The molecule has 0 heterocycles. The van der Waals surface area contributed by atoms with E-state index >= 15 is 0 Å². The van der Waals surface area contributed by atoms with Crippen molar-refractivity contribution >= 4 is 17.9 Å². The van der Waals surface area contributed by atoms with Crippen LogP contribution in [0.4, 0.5) is 0 Å². The molecule has 376 valence electrons. The number of hydrogen-bond donors (Lipinski definition) is 0. The number of carbonyl (C=O) groups is 3. The van der Waals surface area contributed by atoms with Gasteiger partial charge in [-0.3, -0.25) is 14.4 Å². The Kier molecular flexibility index (Phi) is 50.6. The van der Waals surface area contributed by atoms with Gasteiger partial charge in [0.15, 0.2) is 6.10 Å². The fourth-order valence-corrected chi connectivity index (χ4v) is 6.66. The zero-order valence-electron chi connectivity index (χ0n) is 42.9. The SMILES string of the molecule is CC/C=C\C/C=C\C/C=C\C/C=C\C/C=C\CCCCCC(=O)OC[C@@H](COC(=O)CCCCCCC/C=C\C/C=C\CCCCC)OC(=O)CCCC/C=C\C/C=C\C/C=C\C/C=C\CC. The van der Waals surface area contributed by atoms with Crippen molar-refractivity contribution in [1.29, 1.82) is 0 Å². The van der Waals surface area contributed by atoms with Gasteiger partial charge in [-0.2, -0.15) is 0 Å². The van der Waals surface area contributed by atoms with Crippen LogP contribution in [0, 0.1) is 0 Å². The molecule has 0 unspecified atom stereocenters. The van der Waals surface area contributed by atoms with Crippen LogP contribution in [0.5, 0.6) is 0 Å². The third-order valence-corrected chi connectivity index (χ3v) is 10.6. The number of hydrogen-bond acceptors (Lipinski definition) is 6. The van der Waals surface area contributed by atoms with E-state index in [-0.39, 0.29) is 37.5 Å². The average molecular weight is 925 g/mol. The lowest BCUT2D eigenvalue weighted by molar-refractivity contribution is -0.167. The van der Waals surface area contributed by atoms with E-state index in [0.717, 1.165) is 141 Å². The van der Waals surface area contributed by atoms with E-state index < -0.39 is 6.10 Å². The summed E-state index contributed by atoms with van der Waals surface area (Å²) in [5.74, 6) is -1.01. The van der Waals surface area contributed by atoms with Gasteiger partial charge in [0.1, 0.15) is 13.2 Å². The van der Waals surface area contributed by atoms with Gasteiger partial charge in [-0.25, -0.2) is 0 Å². The van der Waals surface area contributed by atoms with E-state index in [4.69, 9.17) is 14.2 Å². The molecule has 0 aliphatic rings. The Morgan fingerprint density at radius 2 is 0.582 bits per heavy atom. The van der Waals surface area contributed by atoms with Gasteiger partial charge in [0.25, 0.3) is 0 Å². The summed E-state index contributed by atoms with van der Waals surface area (Å²) in [5, 5.41) is 0. The van der Waals surface area contributed by atoms with Crippen molar-refractivity contribution in [3.8, 4) is 0 Å². The Bertz CT molecular complexity index is 1480. The standard InChI is InChI=1S/C61H96O6/c1-4-7-10-13-16-19-22-25-28-29-30-31-34-36-39-42-45-48-51-54-60(63)66-57-58(67-61(64)55-52-49-46-43-40-37-33-27-24-21-18-15-12-9-6-3)56-65-59(62)53-50-47-44-41-38-35-32-26-23-20-17-14-11-8-5-2/h7,9-10,12,16-21,25-28,30-33,36,39-40,43,58H,4-6,8,11,13-15,22-24,29,34-35,37-38,41-42,44-57H2,1-3H3/b10-7-,12-9-,19-16-,20-17-,21-18-,28-25-,31-30-,32-26-,33-27-,39-36-,43-40-/t58-/m1/s1. The number of carbonyl (C=O) groups excluding carboxylic acids is 3. The Labute approximate surface area is 411 Å². The highest BCUT2D eigenvalue weighted by Crippen LogP contribution is 2.12. The van der Waals surface area contributed by atoms with Gasteiger partial charge in [-0.05, 0) is 135 Å². The number of allylic oxidation sites excluding steroid dienone is 22. The fourth-order valence-electron chi connectivity index (χ4n) is 6.66. The van der Waals surface area contributed by atoms with Gasteiger partial charge in [-0.1, -0.05) is 193 Å². The van der Waals surface area contributed by atoms with Gasteiger partial charge in [-0.15, -0.1) is 0 Å². The number of unbranched alkanes of at least 4 members (excludes halogenated alkanes) is 13. The maximum absolute atomic E-state index is 12.8. The van der Waals surface area contributed by atoms with Crippen molar-refractivity contribution in [3.63, 3.8) is 0 Å². The lowest BCUT2D eigenvalue weighted by atomic mass is 10.1. The summed E-state index contributed by atoms with van der Waals surface area (Å²) >= 11 is 0. The van der Waals surface area contributed by atoms with Gasteiger partial charge >= 0.3 is 17.9 Å². The molecule has 0 aromatic heterocycles. The van der Waals surface area contributed by atoms with Gasteiger partial charge in [0.2, 0.25) is 0 Å². The first kappa shape index (κ1) is 62.5. The normalized spacial score (nSPS) is 13.2. The average Bonchev–Trinajstić information content (AvgIpc) is 3.33. The molecule has 0 N–H and O–H groups in total. The molecule has 0 radical (unpaired) electrons. The Hall–Kier alpha value is -4.45. The number of ether oxygens (including phenoxy) is 3. The van der Waals surface area contributed by atoms with Crippen LogP contribution in [0.1, 0.15) is 213 Å². The van der Waals surface area contributed by atoms with Crippen LogP contribution in [0.15, 0.2) is 134 Å². The third kappa shape index (κ3) is 52.4. The molecule has 0 spiro atoms. The molecule has 67 heavy (non-hydrogen) atoms. The molecule has 0 fully saturated rings. The topological polar surface area (TPSA) is 78.9 Å². The van der Waals surface area contributed by atoms with Crippen LogP contribution in [0.3, 0.4) is 0 Å². The molecular formula is C61H96O6. The summed E-state index contributed by atoms with van der Waals surface area (Å²) in [6, 6.07) is 0. The first-order valence-electron chi connectivity index (χ1n) is 26.7. The van der Waals surface area contributed by atoms with Crippen LogP contribution < -0.4 is 0 Å². The van der Waals surface area contributed by atoms with E-state index in [2.05, 4.69) is 154 Å². The van der Waals surface area contributed by atoms with Crippen molar-refractivity contribution in [2.24, 2.45) is 0 Å². The molecule has 0 aliphatic carbocycles. The predicted molar refractivity (Wildman–Crippen MR) is 288 cm³/mol. The van der Waals surface area contributed by atoms with Crippen LogP contribution in [-0.4, -0.2) is 37.2 Å². The monoisotopic (exact) mass is 925 g/mol. The molecule has 6 heteroatoms. The minimum absolute atomic E-state index is 0.118. The Balaban J connectivity index is 4.56. The minimum Gasteiger partial charge on any atom is -0.462 e. The summed E-state index contributed by atoms with van der Waals surface area (Å²) in [6.45, 7) is 6.29. The molecule has 0 amide bonds. The second-order valence-electron chi connectivity index (χ2n) is 17.0. The summed E-state index contributed by atoms with van der Waals surface area (Å²) in [7, 11) is 0. The Morgan fingerprint density at radius 3 is 0.955 bits per heavy atom. The first-order chi connectivity index (χ1) is 33.0. The summed E-state index contributed by atoms with van der Waals surface area (Å²) < 4.78 is 16.7. The molecule has 0 aromatic rings. The van der Waals surface area contributed by atoms with Crippen LogP contribution in [-0.2, 0) is 28.6 Å². The van der Waals surface area contributed by atoms with Gasteiger partial charge in [0, 0.05) is 19.3 Å². The fraction of sp³-hybridized carbons (Fsp3) is 0.590. The second kappa shape index (κ2) is 54.2. The molecule has 0 aliphatic heterocycles. The van der Waals surface area contributed by atoms with Gasteiger partial charge < -0.3 is 14.2 Å². The summed E-state index contributed by atoms with van der Waals surface area (Å²) in [4.78, 5) is 38.0. The Morgan fingerprint density at radius 1 is 0.313 bits per heavy atom. The summed E-state index contributed by atoms with van der Waals surface area (Å²) in [6.07, 6.45) is 75.8. The van der Waals surface area contributed by atoms with E-state index in [1.165, 1.54) is 25.7 Å². The quantitative estimate of drug-likeness (QED) is 0.0262. The molecule has 0 aromatic carbocycles. The van der Waals surface area contributed by atoms with Crippen LogP contribution in [0.25, 0.3) is 0 Å². The highest BCUT2D eigenvalue weighted by molar-refractivity contribution is 5.71. The molecule has 0 saturated carbocycles. The smallest absolute Gasteiger partial charge is 0.306 e. The lowest BCUT2D eigenvalue weighted by Gasteiger charge is -2.18. The van der Waals surface area contributed by atoms with Crippen molar-refractivity contribution in [3.05, 3.63) is 134 Å². The number of rotatable bonds is 46. The van der Waals surface area contributed by atoms with E-state index in [1.54, 1.807) is 0 Å². The van der Waals surface area contributed by atoms with E-state index in [9.17, 15) is 14.4 Å². The van der Waals surface area contributed by atoms with Gasteiger partial charge in [0.05, 0.1) is 0 Å². The highest BCUT2D eigenvalue weighted by atomic mass is 16.6. The lowest BCUT2D eigenvalue weighted by Crippen LogP contribution is -2.30. The summed E-state index contributed by atoms with van der Waals surface area (Å²) in [5.41, 5.74) is 0. The predicted octanol–water partition coefficient (Wildman–Crippen LogP) is 17.9. The van der Waals surface area contributed by atoms with Crippen molar-refractivity contribution in [1.82, 2.24) is 0 Å². The van der Waals surface area contributed by atoms with Crippen molar-refractivity contribution in [2.45, 2.75) is 219 Å². The molecular weight excluding hydrogens is 829 g/mol. The maximum atomic E-state index is 12.8. The second-order valence-corrected chi connectivity index (χ2v) is 17.0. The van der Waals surface area contributed by atoms with Crippen molar-refractivity contribution < 1.29 is 28.6 Å². The molecule has 0 bridgehead atoms. The molecule has 6 nitrogen and oxygen atoms in total. The van der Waals surface area contributed by atoms with Crippen molar-refractivity contribution in [2.75, 3.05) is 13.2 Å². The van der Waals surface area contributed by atoms with E-state index in [1.807, 2.05) is 0 Å². The molecule has 0 saturated heterocycles. The third-order valence-electron chi connectivity index (χ3n) is 10.6. The first-order valence-corrected chi connectivity index (χ1v) is 26.7. The zero-order chi connectivity index (χ0) is 48.6. The van der Waals surface area contributed by atoms with Crippen LogP contribution >= 0.6 is 0 Å². The van der Waals surface area contributed by atoms with E-state index in [0.29, 0.717) is 19.3 Å². The molecule has 0 rings (SSSR count). The highest BCUT2D eigenvalue weighted by Gasteiger charge is 2.19. The number of esters is 3. The zero-order valence-corrected chi connectivity index (χ0v) is 42.9. The minimum atomic E-state index is -0.824. The van der Waals surface area contributed by atoms with Crippen LogP contribution in [0.2, 0.25) is 0 Å². The largest absolute Gasteiger partial charge is 0.462 e.